The lowest BCUT2D eigenvalue weighted by molar-refractivity contribution is 0.221. The van der Waals surface area contributed by atoms with Gasteiger partial charge in [0.2, 0.25) is 0 Å². The van der Waals surface area contributed by atoms with E-state index in [1.54, 1.807) is 0 Å². The molecule has 5 heteroatoms. The van der Waals surface area contributed by atoms with E-state index < -0.39 is 0 Å². The Morgan fingerprint density at radius 1 is 1.64 bits per heavy atom. The summed E-state index contributed by atoms with van der Waals surface area (Å²) in [5.41, 5.74) is 5.55. The van der Waals surface area contributed by atoms with Crippen molar-refractivity contribution in [3.8, 4) is 0 Å². The molecule has 1 aromatic heterocycles. The van der Waals surface area contributed by atoms with Crippen molar-refractivity contribution in [2.24, 2.45) is 5.73 Å². The largest absolute Gasteiger partial charge is 0.329 e. The molecule has 0 atom stereocenters. The summed E-state index contributed by atoms with van der Waals surface area (Å²) >= 11 is 7.30. The van der Waals surface area contributed by atoms with Crippen molar-refractivity contribution in [1.29, 1.82) is 0 Å². The van der Waals surface area contributed by atoms with Crippen molar-refractivity contribution in [1.82, 2.24) is 9.88 Å². The van der Waals surface area contributed by atoms with Gasteiger partial charge in [0.1, 0.15) is 0 Å². The van der Waals surface area contributed by atoms with Crippen LogP contribution in [-0.4, -0.2) is 29.0 Å². The van der Waals surface area contributed by atoms with E-state index in [-0.39, 0.29) is 0 Å². The van der Waals surface area contributed by atoms with Gasteiger partial charge in [0.15, 0.2) is 4.47 Å². The molecule has 0 bridgehead atoms. The molecule has 0 aliphatic rings. The van der Waals surface area contributed by atoms with Crippen LogP contribution in [0.5, 0.6) is 0 Å². The summed E-state index contributed by atoms with van der Waals surface area (Å²) in [7, 11) is 0. The lowest BCUT2D eigenvalue weighted by atomic mass is 10.3. The Kier molecular flexibility index (Phi) is 4.81. The molecule has 0 spiro atoms. The maximum Gasteiger partial charge on any atom is 0.183 e. The molecule has 1 aromatic rings. The first kappa shape index (κ1) is 11.9. The number of hydrogen-bond donors (Lipinski definition) is 1. The Bertz CT molecular complexity index is 275. The highest BCUT2D eigenvalue weighted by atomic mass is 35.5. The Balaban J connectivity index is 2.55. The fraction of sp³-hybridized carbons (Fsp3) is 0.667. The highest BCUT2D eigenvalue weighted by molar-refractivity contribution is 7.15. The van der Waals surface area contributed by atoms with Gasteiger partial charge in [-0.05, 0) is 13.8 Å². The average Bonchev–Trinajstić information content (AvgIpc) is 2.50. The Morgan fingerprint density at radius 3 is 2.79 bits per heavy atom. The van der Waals surface area contributed by atoms with Crippen LogP contribution in [0.15, 0.2) is 6.20 Å². The van der Waals surface area contributed by atoms with Crippen molar-refractivity contribution in [2.75, 3.05) is 13.1 Å². The van der Waals surface area contributed by atoms with Gasteiger partial charge in [-0.3, -0.25) is 4.90 Å². The van der Waals surface area contributed by atoms with Crippen molar-refractivity contribution >= 4 is 22.9 Å². The third-order valence-electron chi connectivity index (χ3n) is 2.03. The van der Waals surface area contributed by atoms with Gasteiger partial charge >= 0.3 is 0 Å². The van der Waals surface area contributed by atoms with Crippen molar-refractivity contribution < 1.29 is 0 Å². The van der Waals surface area contributed by atoms with Crippen LogP contribution in [0.3, 0.4) is 0 Å². The lowest BCUT2D eigenvalue weighted by Crippen LogP contribution is -2.34. The zero-order valence-corrected chi connectivity index (χ0v) is 10.1. The fourth-order valence-electron chi connectivity index (χ4n) is 1.24. The van der Waals surface area contributed by atoms with Gasteiger partial charge in [0.25, 0.3) is 0 Å². The topological polar surface area (TPSA) is 42.1 Å². The number of halogens is 1. The minimum atomic E-state index is 0.499. The Morgan fingerprint density at radius 2 is 2.36 bits per heavy atom. The Labute approximate surface area is 93.9 Å². The molecule has 0 aliphatic heterocycles. The summed E-state index contributed by atoms with van der Waals surface area (Å²) in [6.07, 6.45) is 1.83. The lowest BCUT2D eigenvalue weighted by Gasteiger charge is -2.24. The second-order valence-corrected chi connectivity index (χ2v) is 5.13. The molecule has 3 nitrogen and oxygen atoms in total. The van der Waals surface area contributed by atoms with Gasteiger partial charge in [-0.25, -0.2) is 4.98 Å². The third-order valence-corrected chi connectivity index (χ3v) is 3.13. The average molecular weight is 234 g/mol. The minimum absolute atomic E-state index is 0.499. The number of nitrogens with zero attached hydrogens (tertiary/aromatic N) is 2. The van der Waals surface area contributed by atoms with E-state index in [1.807, 2.05) is 6.20 Å². The fourth-order valence-corrected chi connectivity index (χ4v) is 2.25. The normalized spacial score (nSPS) is 11.6. The molecule has 0 fully saturated rings. The standard InChI is InChI=1S/C9H16ClN3S/c1-7(2)13(4-3-11)6-8-5-12-9(10)14-8/h5,7H,3-4,6,11H2,1-2H3. The highest BCUT2D eigenvalue weighted by Gasteiger charge is 2.10. The van der Waals surface area contributed by atoms with Crippen molar-refractivity contribution in [2.45, 2.75) is 26.4 Å². The molecule has 0 amide bonds. The number of nitrogens with two attached hydrogens (primary N) is 1. The van der Waals surface area contributed by atoms with E-state index in [9.17, 15) is 0 Å². The van der Waals surface area contributed by atoms with E-state index in [2.05, 4.69) is 23.7 Å². The van der Waals surface area contributed by atoms with E-state index in [4.69, 9.17) is 17.3 Å². The molecule has 0 unspecified atom stereocenters. The first-order valence-corrected chi connectivity index (χ1v) is 5.87. The quantitative estimate of drug-likeness (QED) is 0.846. The highest BCUT2D eigenvalue weighted by Crippen LogP contribution is 2.19. The second-order valence-electron chi connectivity index (χ2n) is 3.43. The summed E-state index contributed by atoms with van der Waals surface area (Å²) in [5.74, 6) is 0. The molecule has 0 saturated heterocycles. The molecule has 1 rings (SSSR count). The van der Waals surface area contributed by atoms with Crippen molar-refractivity contribution in [3.63, 3.8) is 0 Å². The van der Waals surface area contributed by atoms with Gasteiger partial charge in [-0.15, -0.1) is 11.3 Å². The van der Waals surface area contributed by atoms with Crippen molar-refractivity contribution in [3.05, 3.63) is 15.5 Å². The molecule has 0 saturated carbocycles. The predicted octanol–water partition coefficient (Wildman–Crippen LogP) is 1.97. The van der Waals surface area contributed by atoms with E-state index in [0.717, 1.165) is 13.1 Å². The van der Waals surface area contributed by atoms with Gasteiger partial charge in [-0.1, -0.05) is 11.6 Å². The molecule has 80 valence electrons. The molecule has 14 heavy (non-hydrogen) atoms. The molecular formula is C9H16ClN3S. The zero-order valence-electron chi connectivity index (χ0n) is 8.53. The van der Waals surface area contributed by atoms with Crippen LogP contribution in [0.4, 0.5) is 0 Å². The summed E-state index contributed by atoms with van der Waals surface area (Å²) in [6, 6.07) is 0.499. The summed E-state index contributed by atoms with van der Waals surface area (Å²) in [6.45, 7) is 6.81. The monoisotopic (exact) mass is 233 g/mol. The molecule has 0 aliphatic carbocycles. The third kappa shape index (κ3) is 3.53. The van der Waals surface area contributed by atoms with Gasteiger partial charge in [-0.2, -0.15) is 0 Å². The van der Waals surface area contributed by atoms with Gasteiger partial charge in [0, 0.05) is 36.8 Å². The SMILES string of the molecule is CC(C)N(CCN)Cc1cnc(Cl)s1. The number of thiazole rings is 1. The van der Waals surface area contributed by atoms with Crippen LogP contribution < -0.4 is 5.73 Å². The Hall–Kier alpha value is -0.160. The maximum atomic E-state index is 5.76. The van der Waals surface area contributed by atoms with Crippen LogP contribution >= 0.6 is 22.9 Å². The van der Waals surface area contributed by atoms with Gasteiger partial charge in [0.05, 0.1) is 0 Å². The number of aromatic nitrogens is 1. The van der Waals surface area contributed by atoms with E-state index >= 15 is 0 Å². The zero-order chi connectivity index (χ0) is 10.6. The number of hydrogen-bond acceptors (Lipinski definition) is 4. The molecule has 0 aromatic carbocycles. The molecule has 0 radical (unpaired) electrons. The minimum Gasteiger partial charge on any atom is -0.329 e. The van der Waals surface area contributed by atoms with Crippen LogP contribution in [0.1, 0.15) is 18.7 Å². The molecule has 1 heterocycles. The van der Waals surface area contributed by atoms with Crippen LogP contribution in [-0.2, 0) is 6.54 Å². The van der Waals surface area contributed by atoms with E-state index in [1.165, 1.54) is 16.2 Å². The first-order chi connectivity index (χ1) is 6.63. The second kappa shape index (κ2) is 5.66. The maximum absolute atomic E-state index is 5.76. The number of rotatable bonds is 5. The summed E-state index contributed by atoms with van der Waals surface area (Å²) in [4.78, 5) is 7.52. The van der Waals surface area contributed by atoms with Crippen LogP contribution in [0.25, 0.3) is 0 Å². The van der Waals surface area contributed by atoms with E-state index in [0.29, 0.717) is 17.1 Å². The van der Waals surface area contributed by atoms with Gasteiger partial charge < -0.3 is 5.73 Å². The summed E-state index contributed by atoms with van der Waals surface area (Å²) in [5, 5.41) is 0. The van der Waals surface area contributed by atoms with Crippen LogP contribution in [0.2, 0.25) is 4.47 Å². The summed E-state index contributed by atoms with van der Waals surface area (Å²) < 4.78 is 0.608. The first-order valence-electron chi connectivity index (χ1n) is 4.67. The molecule has 2 N–H and O–H groups in total. The molecular weight excluding hydrogens is 218 g/mol. The predicted molar refractivity (Wildman–Crippen MR) is 61.7 cm³/mol. The smallest absolute Gasteiger partial charge is 0.183 e. The van der Waals surface area contributed by atoms with Crippen LogP contribution in [0, 0.1) is 0 Å².